The van der Waals surface area contributed by atoms with Gasteiger partial charge < -0.3 is 20.2 Å². The SMILES string of the molecule is OCC(O)COC1CCN(O)CC1. The summed E-state index contributed by atoms with van der Waals surface area (Å²) in [6.07, 6.45) is 0.861. The van der Waals surface area contributed by atoms with E-state index in [2.05, 4.69) is 0 Å². The number of ether oxygens (including phenoxy) is 1. The molecule has 0 bridgehead atoms. The first kappa shape index (κ1) is 10.9. The highest BCUT2D eigenvalue weighted by atomic mass is 16.5. The summed E-state index contributed by atoms with van der Waals surface area (Å²) >= 11 is 0. The minimum Gasteiger partial charge on any atom is -0.394 e. The number of aliphatic hydroxyl groups excluding tert-OH is 2. The molecule has 1 fully saturated rings. The predicted octanol–water partition coefficient (Wildman–Crippen LogP) is -0.790. The lowest BCUT2D eigenvalue weighted by Gasteiger charge is -2.27. The Kier molecular flexibility index (Phi) is 4.61. The van der Waals surface area contributed by atoms with E-state index < -0.39 is 6.10 Å². The molecule has 0 amide bonds. The first-order chi connectivity index (χ1) is 6.22. The van der Waals surface area contributed by atoms with Crippen molar-refractivity contribution in [1.82, 2.24) is 5.06 Å². The van der Waals surface area contributed by atoms with Crippen molar-refractivity contribution in [1.29, 1.82) is 0 Å². The standard InChI is InChI=1S/C8H17NO4/c10-5-7(11)6-13-8-1-3-9(12)4-2-8/h7-8,10-12H,1-6H2. The summed E-state index contributed by atoms with van der Waals surface area (Å²) in [7, 11) is 0. The third kappa shape index (κ3) is 4.02. The Balaban J connectivity index is 2.08. The Morgan fingerprint density at radius 1 is 1.38 bits per heavy atom. The van der Waals surface area contributed by atoms with Crippen LogP contribution in [-0.2, 0) is 4.74 Å². The molecule has 1 atom stereocenters. The Morgan fingerprint density at radius 3 is 2.54 bits per heavy atom. The van der Waals surface area contributed by atoms with Gasteiger partial charge in [-0.05, 0) is 12.8 Å². The topological polar surface area (TPSA) is 73.2 Å². The van der Waals surface area contributed by atoms with Gasteiger partial charge in [0.2, 0.25) is 0 Å². The van der Waals surface area contributed by atoms with Crippen LogP contribution in [0.25, 0.3) is 0 Å². The van der Waals surface area contributed by atoms with Gasteiger partial charge in [-0.2, -0.15) is 5.06 Å². The van der Waals surface area contributed by atoms with Gasteiger partial charge in [0.25, 0.3) is 0 Å². The molecule has 3 N–H and O–H groups in total. The van der Waals surface area contributed by atoms with Gasteiger partial charge in [-0.15, -0.1) is 0 Å². The number of rotatable bonds is 4. The normalized spacial score (nSPS) is 23.3. The zero-order valence-electron chi connectivity index (χ0n) is 7.59. The van der Waals surface area contributed by atoms with Crippen LogP contribution in [0, 0.1) is 0 Å². The molecule has 0 spiro atoms. The second kappa shape index (κ2) is 5.51. The summed E-state index contributed by atoms with van der Waals surface area (Å²) in [6, 6.07) is 0. The van der Waals surface area contributed by atoms with Crippen LogP contribution in [0.2, 0.25) is 0 Å². The predicted molar refractivity (Wildman–Crippen MR) is 45.4 cm³/mol. The molecule has 0 aromatic rings. The molecule has 78 valence electrons. The molecule has 13 heavy (non-hydrogen) atoms. The van der Waals surface area contributed by atoms with Crippen molar-refractivity contribution in [2.24, 2.45) is 0 Å². The van der Waals surface area contributed by atoms with Crippen LogP contribution in [0.1, 0.15) is 12.8 Å². The molecular formula is C8H17NO4. The van der Waals surface area contributed by atoms with Gasteiger partial charge in [0.1, 0.15) is 6.10 Å². The fraction of sp³-hybridized carbons (Fsp3) is 1.00. The number of hydrogen-bond donors (Lipinski definition) is 3. The quantitative estimate of drug-likeness (QED) is 0.543. The van der Waals surface area contributed by atoms with E-state index in [0.717, 1.165) is 12.8 Å². The number of hydrogen-bond acceptors (Lipinski definition) is 5. The van der Waals surface area contributed by atoms with Crippen LogP contribution in [0.4, 0.5) is 0 Å². The summed E-state index contributed by atoms with van der Waals surface area (Å²) in [5, 5.41) is 27.8. The van der Waals surface area contributed by atoms with Crippen LogP contribution < -0.4 is 0 Å². The number of nitrogens with zero attached hydrogens (tertiary/aromatic N) is 1. The summed E-state index contributed by atoms with van der Waals surface area (Å²) < 4.78 is 5.34. The average Bonchev–Trinajstić information content (AvgIpc) is 2.16. The van der Waals surface area contributed by atoms with E-state index in [1.807, 2.05) is 0 Å². The Morgan fingerprint density at radius 2 is 2.00 bits per heavy atom. The van der Waals surface area contributed by atoms with Crippen LogP contribution in [0.5, 0.6) is 0 Å². The fourth-order valence-corrected chi connectivity index (χ4v) is 1.31. The van der Waals surface area contributed by atoms with E-state index in [0.29, 0.717) is 13.1 Å². The summed E-state index contributed by atoms with van der Waals surface area (Å²) in [6.45, 7) is 1.13. The first-order valence-corrected chi connectivity index (χ1v) is 4.56. The monoisotopic (exact) mass is 191 g/mol. The van der Waals surface area contributed by atoms with E-state index in [1.165, 1.54) is 5.06 Å². The lowest BCUT2D eigenvalue weighted by Crippen LogP contribution is -2.36. The molecule has 1 aliphatic rings. The van der Waals surface area contributed by atoms with Crippen molar-refractivity contribution >= 4 is 0 Å². The van der Waals surface area contributed by atoms with Gasteiger partial charge in [-0.25, -0.2) is 0 Å². The highest BCUT2D eigenvalue weighted by molar-refractivity contribution is 4.68. The van der Waals surface area contributed by atoms with Crippen molar-refractivity contribution in [2.75, 3.05) is 26.3 Å². The Bertz CT molecular complexity index is 136. The smallest absolute Gasteiger partial charge is 0.100 e. The Labute approximate surface area is 77.5 Å². The highest BCUT2D eigenvalue weighted by Gasteiger charge is 2.18. The Hall–Kier alpha value is -0.200. The third-order valence-electron chi connectivity index (χ3n) is 2.15. The third-order valence-corrected chi connectivity index (χ3v) is 2.15. The minimum absolute atomic E-state index is 0.101. The molecule has 1 aliphatic heterocycles. The van der Waals surface area contributed by atoms with Gasteiger partial charge in [0.15, 0.2) is 0 Å². The first-order valence-electron chi connectivity index (χ1n) is 4.56. The summed E-state index contributed by atoms with van der Waals surface area (Å²) in [4.78, 5) is 0. The molecule has 5 heteroatoms. The van der Waals surface area contributed by atoms with E-state index in [1.54, 1.807) is 0 Å². The van der Waals surface area contributed by atoms with E-state index >= 15 is 0 Å². The fourth-order valence-electron chi connectivity index (χ4n) is 1.31. The average molecular weight is 191 g/mol. The van der Waals surface area contributed by atoms with Gasteiger partial charge >= 0.3 is 0 Å². The molecule has 1 rings (SSSR count). The van der Waals surface area contributed by atoms with Crippen molar-refractivity contribution in [3.8, 4) is 0 Å². The second-order valence-electron chi connectivity index (χ2n) is 3.32. The molecule has 0 aromatic heterocycles. The number of aliphatic hydroxyl groups is 2. The molecule has 5 nitrogen and oxygen atoms in total. The van der Waals surface area contributed by atoms with Gasteiger partial charge in [0.05, 0.1) is 19.3 Å². The highest BCUT2D eigenvalue weighted by Crippen LogP contribution is 2.11. The zero-order valence-corrected chi connectivity index (χ0v) is 7.59. The molecule has 0 saturated carbocycles. The maximum Gasteiger partial charge on any atom is 0.100 e. The largest absolute Gasteiger partial charge is 0.394 e. The summed E-state index contributed by atoms with van der Waals surface area (Å²) in [5.41, 5.74) is 0. The molecule has 0 aliphatic carbocycles. The van der Waals surface area contributed by atoms with Crippen LogP contribution in [0.15, 0.2) is 0 Å². The van der Waals surface area contributed by atoms with Crippen LogP contribution >= 0.6 is 0 Å². The van der Waals surface area contributed by atoms with Gasteiger partial charge in [-0.1, -0.05) is 0 Å². The van der Waals surface area contributed by atoms with Gasteiger partial charge in [-0.3, -0.25) is 0 Å². The molecule has 0 radical (unpaired) electrons. The van der Waals surface area contributed by atoms with Gasteiger partial charge in [0, 0.05) is 13.1 Å². The molecule has 1 heterocycles. The lowest BCUT2D eigenvalue weighted by molar-refractivity contribution is -0.136. The van der Waals surface area contributed by atoms with Crippen LogP contribution in [-0.4, -0.2) is 59.0 Å². The van der Waals surface area contributed by atoms with Crippen molar-refractivity contribution in [3.05, 3.63) is 0 Å². The van der Waals surface area contributed by atoms with E-state index in [-0.39, 0.29) is 19.3 Å². The van der Waals surface area contributed by atoms with Crippen LogP contribution in [0.3, 0.4) is 0 Å². The molecular weight excluding hydrogens is 174 g/mol. The maximum atomic E-state index is 9.04. The molecule has 1 saturated heterocycles. The van der Waals surface area contributed by atoms with Crippen molar-refractivity contribution in [2.45, 2.75) is 25.0 Å². The number of piperidine rings is 1. The van der Waals surface area contributed by atoms with Crippen molar-refractivity contribution in [3.63, 3.8) is 0 Å². The maximum absolute atomic E-state index is 9.04. The lowest BCUT2D eigenvalue weighted by atomic mass is 10.1. The summed E-state index contributed by atoms with van der Waals surface area (Å²) in [5.74, 6) is 0. The van der Waals surface area contributed by atoms with E-state index in [9.17, 15) is 0 Å². The van der Waals surface area contributed by atoms with E-state index in [4.69, 9.17) is 20.2 Å². The number of hydroxylamine groups is 2. The minimum atomic E-state index is -0.785. The molecule has 1 unspecified atom stereocenters. The van der Waals surface area contributed by atoms with Crippen molar-refractivity contribution < 1.29 is 20.2 Å². The zero-order chi connectivity index (χ0) is 9.68. The molecule has 0 aromatic carbocycles. The second-order valence-corrected chi connectivity index (χ2v) is 3.32.